The lowest BCUT2D eigenvalue weighted by atomic mass is 10.0. The van der Waals surface area contributed by atoms with Crippen LogP contribution >= 0.6 is 23.2 Å². The number of rotatable bonds is 6. The number of hydrogen-bond acceptors (Lipinski definition) is 3. The molecule has 4 aromatic rings. The molecule has 0 aliphatic carbocycles. The molecular formula is C23H16Cl2F2N4O2. The molecule has 168 valence electrons. The SMILES string of the molecule is O=C(NC(CNC(=O)c1ccnc2[nH]ccc12)c1ccc(F)cc1F)c1ccc(Cl)cc1Cl. The lowest BCUT2D eigenvalue weighted by Crippen LogP contribution is -2.38. The van der Waals surface area contributed by atoms with Gasteiger partial charge in [-0.05, 0) is 36.4 Å². The Kier molecular flexibility index (Phi) is 6.57. The summed E-state index contributed by atoms with van der Waals surface area (Å²) in [6, 6.07) is 9.54. The first-order chi connectivity index (χ1) is 15.8. The van der Waals surface area contributed by atoms with Crippen LogP contribution in [0.4, 0.5) is 8.78 Å². The Morgan fingerprint density at radius 1 is 1.00 bits per heavy atom. The lowest BCUT2D eigenvalue weighted by Gasteiger charge is -2.21. The number of nitrogens with one attached hydrogen (secondary N) is 3. The summed E-state index contributed by atoms with van der Waals surface area (Å²) in [6.45, 7) is -0.174. The Bertz CT molecular complexity index is 1360. The molecule has 1 unspecified atom stereocenters. The first-order valence-electron chi connectivity index (χ1n) is 9.74. The fraction of sp³-hybridized carbons (Fsp3) is 0.0870. The molecule has 6 nitrogen and oxygen atoms in total. The summed E-state index contributed by atoms with van der Waals surface area (Å²) in [5.74, 6) is -2.70. The maximum absolute atomic E-state index is 14.5. The Balaban J connectivity index is 1.59. The highest BCUT2D eigenvalue weighted by Gasteiger charge is 2.22. The third-order valence-electron chi connectivity index (χ3n) is 4.99. The van der Waals surface area contributed by atoms with E-state index in [1.54, 1.807) is 18.3 Å². The maximum atomic E-state index is 14.5. The van der Waals surface area contributed by atoms with E-state index in [2.05, 4.69) is 20.6 Å². The van der Waals surface area contributed by atoms with Gasteiger partial charge in [0, 0.05) is 41.0 Å². The van der Waals surface area contributed by atoms with Crippen molar-refractivity contribution in [3.8, 4) is 0 Å². The number of fused-ring (bicyclic) bond motifs is 1. The molecule has 0 saturated carbocycles. The summed E-state index contributed by atoms with van der Waals surface area (Å²) in [4.78, 5) is 32.7. The van der Waals surface area contributed by atoms with Crippen molar-refractivity contribution in [3.63, 3.8) is 0 Å². The molecule has 0 aliphatic heterocycles. The Morgan fingerprint density at radius 3 is 2.58 bits per heavy atom. The minimum absolute atomic E-state index is 0.00310. The van der Waals surface area contributed by atoms with E-state index in [0.717, 1.165) is 6.07 Å². The van der Waals surface area contributed by atoms with Crippen molar-refractivity contribution in [2.45, 2.75) is 6.04 Å². The second-order valence-corrected chi connectivity index (χ2v) is 7.97. The largest absolute Gasteiger partial charge is 0.350 e. The third kappa shape index (κ3) is 4.97. The van der Waals surface area contributed by atoms with Crippen LogP contribution in [0.15, 0.2) is 60.9 Å². The van der Waals surface area contributed by atoms with Crippen LogP contribution in [-0.2, 0) is 0 Å². The van der Waals surface area contributed by atoms with Gasteiger partial charge in [-0.1, -0.05) is 29.3 Å². The average molecular weight is 489 g/mol. The summed E-state index contributed by atoms with van der Waals surface area (Å²) in [5, 5.41) is 6.40. The van der Waals surface area contributed by atoms with Gasteiger partial charge in [-0.3, -0.25) is 9.59 Å². The van der Waals surface area contributed by atoms with Crippen LogP contribution in [0.5, 0.6) is 0 Å². The molecule has 2 aromatic carbocycles. The van der Waals surface area contributed by atoms with Gasteiger partial charge in [-0.25, -0.2) is 13.8 Å². The predicted molar refractivity (Wildman–Crippen MR) is 121 cm³/mol. The molecule has 10 heteroatoms. The van der Waals surface area contributed by atoms with Gasteiger partial charge in [0.05, 0.1) is 22.2 Å². The van der Waals surface area contributed by atoms with Gasteiger partial charge in [0.1, 0.15) is 17.3 Å². The summed E-state index contributed by atoms with van der Waals surface area (Å²) in [7, 11) is 0. The standard InChI is InChI=1S/C23H16Cl2F2N4O2/c24-12-1-3-16(18(25)9-12)23(33)31-20(17-4-2-13(26)10-19(17)27)11-30-22(32)15-6-8-29-21-14(15)5-7-28-21/h1-10,20H,11H2,(H,28,29)(H,30,32)(H,31,33). The van der Waals surface area contributed by atoms with Gasteiger partial charge in [0.25, 0.3) is 11.8 Å². The zero-order chi connectivity index (χ0) is 23.5. The molecule has 1 atom stereocenters. The molecule has 0 bridgehead atoms. The fourth-order valence-corrected chi connectivity index (χ4v) is 3.88. The van der Waals surface area contributed by atoms with E-state index < -0.39 is 29.5 Å². The third-order valence-corrected chi connectivity index (χ3v) is 5.54. The number of halogens is 4. The van der Waals surface area contributed by atoms with Crippen LogP contribution in [-0.4, -0.2) is 28.3 Å². The first-order valence-corrected chi connectivity index (χ1v) is 10.5. The van der Waals surface area contributed by atoms with Gasteiger partial charge in [-0.15, -0.1) is 0 Å². The van der Waals surface area contributed by atoms with Gasteiger partial charge in [0.15, 0.2) is 0 Å². The maximum Gasteiger partial charge on any atom is 0.253 e. The number of nitrogens with zero attached hydrogens (tertiary/aromatic N) is 1. The van der Waals surface area contributed by atoms with Crippen LogP contribution in [0, 0.1) is 11.6 Å². The molecule has 3 N–H and O–H groups in total. The Hall–Kier alpha value is -3.49. The monoisotopic (exact) mass is 488 g/mol. The second kappa shape index (κ2) is 9.56. The van der Waals surface area contributed by atoms with Crippen LogP contribution in [0.2, 0.25) is 10.0 Å². The number of benzene rings is 2. The van der Waals surface area contributed by atoms with E-state index in [1.807, 2.05) is 0 Å². The zero-order valence-corrected chi connectivity index (χ0v) is 18.3. The van der Waals surface area contributed by atoms with E-state index in [4.69, 9.17) is 23.2 Å². The minimum Gasteiger partial charge on any atom is -0.350 e. The average Bonchev–Trinajstić information content (AvgIpc) is 3.25. The van der Waals surface area contributed by atoms with Crippen molar-refractivity contribution in [3.05, 3.63) is 99.3 Å². The predicted octanol–water partition coefficient (Wildman–Crippen LogP) is 5.05. The van der Waals surface area contributed by atoms with Gasteiger partial charge in [-0.2, -0.15) is 0 Å². The summed E-state index contributed by atoms with van der Waals surface area (Å²) in [5.41, 5.74) is 1.00. The molecule has 4 rings (SSSR count). The van der Waals surface area contributed by atoms with Crippen LogP contribution in [0.1, 0.15) is 32.3 Å². The number of amides is 2. The molecule has 0 fully saturated rings. The zero-order valence-electron chi connectivity index (χ0n) is 16.8. The molecule has 0 radical (unpaired) electrons. The molecule has 0 spiro atoms. The van der Waals surface area contributed by atoms with E-state index in [9.17, 15) is 18.4 Å². The molecule has 2 heterocycles. The van der Waals surface area contributed by atoms with Gasteiger partial charge in [0.2, 0.25) is 0 Å². The number of carbonyl (C=O) groups is 2. The number of pyridine rings is 1. The molecule has 33 heavy (non-hydrogen) atoms. The highest BCUT2D eigenvalue weighted by molar-refractivity contribution is 6.36. The number of hydrogen-bond donors (Lipinski definition) is 3. The molecule has 0 aliphatic rings. The Morgan fingerprint density at radius 2 is 1.82 bits per heavy atom. The number of aromatic nitrogens is 2. The Labute approximate surface area is 196 Å². The number of aromatic amines is 1. The van der Waals surface area contributed by atoms with Crippen LogP contribution in [0.3, 0.4) is 0 Å². The van der Waals surface area contributed by atoms with E-state index in [1.165, 1.54) is 30.5 Å². The lowest BCUT2D eigenvalue weighted by molar-refractivity contribution is 0.0908. The first kappa shape index (κ1) is 22.7. The highest BCUT2D eigenvalue weighted by Crippen LogP contribution is 2.23. The summed E-state index contributed by atoms with van der Waals surface area (Å²) < 4.78 is 28.0. The van der Waals surface area contributed by atoms with Crippen molar-refractivity contribution >= 4 is 46.0 Å². The van der Waals surface area contributed by atoms with E-state index in [0.29, 0.717) is 27.7 Å². The number of H-pyrrole nitrogens is 1. The van der Waals surface area contributed by atoms with Crippen molar-refractivity contribution in [1.29, 1.82) is 0 Å². The van der Waals surface area contributed by atoms with Crippen molar-refractivity contribution in [1.82, 2.24) is 20.6 Å². The summed E-state index contributed by atoms with van der Waals surface area (Å²) >= 11 is 12.0. The van der Waals surface area contributed by atoms with Crippen molar-refractivity contribution in [2.75, 3.05) is 6.54 Å². The molecular weight excluding hydrogens is 473 g/mol. The fourth-order valence-electron chi connectivity index (χ4n) is 3.38. The van der Waals surface area contributed by atoms with Crippen LogP contribution in [0.25, 0.3) is 11.0 Å². The highest BCUT2D eigenvalue weighted by atomic mass is 35.5. The van der Waals surface area contributed by atoms with Gasteiger partial charge < -0.3 is 15.6 Å². The van der Waals surface area contributed by atoms with E-state index in [-0.39, 0.29) is 22.7 Å². The second-order valence-electron chi connectivity index (χ2n) is 7.12. The number of carbonyl (C=O) groups excluding carboxylic acids is 2. The topological polar surface area (TPSA) is 86.9 Å². The normalized spacial score (nSPS) is 11.9. The van der Waals surface area contributed by atoms with Crippen molar-refractivity contribution < 1.29 is 18.4 Å². The smallest absolute Gasteiger partial charge is 0.253 e. The van der Waals surface area contributed by atoms with E-state index >= 15 is 0 Å². The van der Waals surface area contributed by atoms with Crippen LogP contribution < -0.4 is 10.6 Å². The van der Waals surface area contributed by atoms with Crippen molar-refractivity contribution in [2.24, 2.45) is 0 Å². The molecule has 2 aromatic heterocycles. The minimum atomic E-state index is -1.02. The molecule has 2 amide bonds. The quantitative estimate of drug-likeness (QED) is 0.355. The molecule has 0 saturated heterocycles. The van der Waals surface area contributed by atoms with Gasteiger partial charge >= 0.3 is 0 Å². The summed E-state index contributed by atoms with van der Waals surface area (Å²) in [6.07, 6.45) is 3.14.